The van der Waals surface area contributed by atoms with E-state index in [-0.39, 0.29) is 25.7 Å². The third kappa shape index (κ3) is 49.2. The number of aliphatic hydroxyl groups excluding tert-OH is 1. The molecule has 0 aromatic rings. The van der Waals surface area contributed by atoms with E-state index in [1.807, 2.05) is 6.08 Å². The van der Waals surface area contributed by atoms with Crippen LogP contribution in [0.2, 0.25) is 0 Å². The number of aliphatic hydroxyl groups is 1. The summed E-state index contributed by atoms with van der Waals surface area (Å²) >= 11 is 0. The summed E-state index contributed by atoms with van der Waals surface area (Å²) < 4.78 is 22.2. The molecule has 8 nitrogen and oxygen atoms in total. The fourth-order valence-electron chi connectivity index (χ4n) is 8.84. The average Bonchev–Trinajstić information content (AvgIpc) is 3.29. The van der Waals surface area contributed by atoms with Gasteiger partial charge in [0.2, 0.25) is 5.91 Å². The second-order valence-electron chi connectivity index (χ2n) is 19.5. The number of nitrogens with one attached hydrogen (secondary N) is 1. The van der Waals surface area contributed by atoms with Gasteiger partial charge in [-0.2, -0.15) is 0 Å². The molecule has 5 N–H and O–H groups in total. The number of amides is 1. The first kappa shape index (κ1) is 63.2. The number of nitrogens with two attached hydrogens (primary N) is 1. The predicted octanol–water partition coefficient (Wildman–Crippen LogP) is 17.1. The van der Waals surface area contributed by atoms with Crippen molar-refractivity contribution < 1.29 is 28.4 Å². The summed E-state index contributed by atoms with van der Waals surface area (Å²) in [6.07, 6.45) is 61.6. The number of carbonyl (C=O) groups is 1. The summed E-state index contributed by atoms with van der Waals surface area (Å²) in [5.74, 6) is -0.186. The van der Waals surface area contributed by atoms with Crippen molar-refractivity contribution in [3.63, 3.8) is 0 Å². The van der Waals surface area contributed by atoms with Crippen LogP contribution in [0.15, 0.2) is 12.2 Å². The van der Waals surface area contributed by atoms with Gasteiger partial charge in [0.05, 0.1) is 25.4 Å². The van der Waals surface area contributed by atoms with E-state index in [1.54, 1.807) is 6.08 Å². The summed E-state index contributed by atoms with van der Waals surface area (Å²) in [6, 6.07) is -0.856. The summed E-state index contributed by atoms with van der Waals surface area (Å²) in [7, 11) is -4.34. The van der Waals surface area contributed by atoms with Crippen molar-refractivity contribution in [2.75, 3.05) is 19.8 Å². The fraction of sp³-hybridized carbons (Fsp3) is 0.945. The number of phosphoric ester groups is 1. The molecule has 0 aliphatic carbocycles. The smallest absolute Gasteiger partial charge is 0.387 e. The predicted molar refractivity (Wildman–Crippen MR) is 277 cm³/mol. The monoisotopic (exact) mass is 927 g/mol. The Morgan fingerprint density at radius 2 is 0.797 bits per heavy atom. The van der Waals surface area contributed by atoms with Crippen LogP contribution in [-0.2, 0) is 18.4 Å². The molecule has 0 aromatic heterocycles. The van der Waals surface area contributed by atoms with Gasteiger partial charge in [0, 0.05) is 13.0 Å². The highest BCUT2D eigenvalue weighted by Gasteiger charge is 2.27. The lowest BCUT2D eigenvalue weighted by molar-refractivity contribution is -0.123. The van der Waals surface area contributed by atoms with Crippen LogP contribution in [-0.4, -0.2) is 47.8 Å². The molecular weight excluding hydrogens is 816 g/mol. The molecule has 9 heteroatoms. The maximum Gasteiger partial charge on any atom is 0.472 e. The Hall–Kier alpha value is -0.760. The minimum Gasteiger partial charge on any atom is -0.387 e. The van der Waals surface area contributed by atoms with Crippen LogP contribution in [0.4, 0.5) is 0 Å². The zero-order valence-electron chi connectivity index (χ0n) is 42.8. The lowest BCUT2D eigenvalue weighted by Crippen LogP contribution is -2.45. The molecule has 0 heterocycles. The van der Waals surface area contributed by atoms with Crippen molar-refractivity contribution in [1.29, 1.82) is 0 Å². The maximum absolute atomic E-state index is 12.8. The number of carbonyl (C=O) groups excluding carboxylic acids is 1. The van der Waals surface area contributed by atoms with E-state index in [9.17, 15) is 19.4 Å². The van der Waals surface area contributed by atoms with Gasteiger partial charge in [0.25, 0.3) is 0 Å². The standard InChI is InChI=1S/C55H111N2O6P/c1-3-5-7-9-11-13-15-17-19-21-22-23-24-25-26-27-28-29-30-31-32-33-35-37-39-41-43-45-47-49-55(59)57-53(52-63-64(60,61)62-51-50-56)54(58)48-46-44-42-40-38-36-34-20-18-16-14-12-10-8-6-4-2/h46,48,53-54,58H,3-45,47,49-52,56H2,1-2H3,(H,57,59)(H,60,61)/b48-46+/t53-,54+/m0/s1. The molecule has 0 aliphatic heterocycles. The quantitative estimate of drug-likeness (QED) is 0.0271. The Kier molecular flexibility index (Phi) is 51.0. The van der Waals surface area contributed by atoms with Crippen LogP contribution in [0.5, 0.6) is 0 Å². The molecule has 0 saturated carbocycles. The van der Waals surface area contributed by atoms with Gasteiger partial charge in [-0.15, -0.1) is 0 Å². The van der Waals surface area contributed by atoms with E-state index < -0.39 is 20.0 Å². The number of unbranched alkanes of at least 4 members (excludes halogenated alkanes) is 42. The zero-order chi connectivity index (χ0) is 46.7. The van der Waals surface area contributed by atoms with Gasteiger partial charge in [-0.1, -0.05) is 289 Å². The minimum atomic E-state index is -4.34. The van der Waals surface area contributed by atoms with Crippen molar-refractivity contribution in [1.82, 2.24) is 5.32 Å². The molecule has 382 valence electrons. The Morgan fingerprint density at radius 3 is 1.11 bits per heavy atom. The van der Waals surface area contributed by atoms with Gasteiger partial charge in [-0.25, -0.2) is 4.57 Å². The minimum absolute atomic E-state index is 0.0817. The number of rotatable bonds is 54. The fourth-order valence-corrected chi connectivity index (χ4v) is 9.60. The van der Waals surface area contributed by atoms with Crippen molar-refractivity contribution in [2.24, 2.45) is 5.73 Å². The van der Waals surface area contributed by atoms with Gasteiger partial charge in [-0.05, 0) is 19.3 Å². The molecular formula is C55H111N2O6P. The Bertz CT molecular complexity index is 1020. The number of hydrogen-bond acceptors (Lipinski definition) is 6. The molecule has 0 saturated heterocycles. The Morgan fingerprint density at radius 1 is 0.500 bits per heavy atom. The number of phosphoric acid groups is 1. The summed E-state index contributed by atoms with van der Waals surface area (Å²) in [5, 5.41) is 13.8. The van der Waals surface area contributed by atoms with Crippen LogP contribution >= 0.6 is 7.82 Å². The van der Waals surface area contributed by atoms with E-state index >= 15 is 0 Å². The molecule has 1 amide bonds. The first-order valence-electron chi connectivity index (χ1n) is 28.3. The molecule has 3 atom stereocenters. The summed E-state index contributed by atoms with van der Waals surface area (Å²) in [4.78, 5) is 22.8. The third-order valence-electron chi connectivity index (χ3n) is 13.1. The van der Waals surface area contributed by atoms with E-state index in [2.05, 4.69) is 19.2 Å². The first-order valence-corrected chi connectivity index (χ1v) is 29.8. The van der Waals surface area contributed by atoms with E-state index in [0.717, 1.165) is 38.5 Å². The molecule has 0 bridgehead atoms. The van der Waals surface area contributed by atoms with E-state index in [0.29, 0.717) is 6.42 Å². The van der Waals surface area contributed by atoms with Gasteiger partial charge >= 0.3 is 7.82 Å². The molecule has 64 heavy (non-hydrogen) atoms. The highest BCUT2D eigenvalue weighted by atomic mass is 31.2. The highest BCUT2D eigenvalue weighted by Crippen LogP contribution is 2.43. The molecule has 1 unspecified atom stereocenters. The lowest BCUT2D eigenvalue weighted by atomic mass is 10.0. The number of allylic oxidation sites excluding steroid dienone is 1. The van der Waals surface area contributed by atoms with E-state index in [1.165, 1.54) is 244 Å². The van der Waals surface area contributed by atoms with E-state index in [4.69, 9.17) is 14.8 Å². The Labute approximate surface area is 398 Å². The van der Waals surface area contributed by atoms with Crippen molar-refractivity contribution in [3.05, 3.63) is 12.2 Å². The second-order valence-corrected chi connectivity index (χ2v) is 21.0. The summed E-state index contributed by atoms with van der Waals surface area (Å²) in [6.45, 7) is 4.19. The van der Waals surface area contributed by atoms with Gasteiger partial charge in [0.15, 0.2) is 0 Å². The van der Waals surface area contributed by atoms with Crippen molar-refractivity contribution >= 4 is 13.7 Å². The molecule has 0 aliphatic rings. The van der Waals surface area contributed by atoms with Crippen LogP contribution in [0, 0.1) is 0 Å². The summed E-state index contributed by atoms with van der Waals surface area (Å²) in [5.41, 5.74) is 5.40. The van der Waals surface area contributed by atoms with Crippen molar-refractivity contribution in [2.45, 2.75) is 315 Å². The largest absolute Gasteiger partial charge is 0.472 e. The van der Waals surface area contributed by atoms with Crippen molar-refractivity contribution in [3.8, 4) is 0 Å². The Balaban J connectivity index is 3.90. The number of hydrogen-bond donors (Lipinski definition) is 4. The topological polar surface area (TPSA) is 131 Å². The average molecular weight is 927 g/mol. The molecule has 0 spiro atoms. The molecule has 0 radical (unpaired) electrons. The van der Waals surface area contributed by atoms with Crippen LogP contribution in [0.3, 0.4) is 0 Å². The van der Waals surface area contributed by atoms with Crippen LogP contribution < -0.4 is 11.1 Å². The molecule has 0 rings (SSSR count). The molecule has 0 fully saturated rings. The van der Waals surface area contributed by atoms with Gasteiger partial charge < -0.3 is 21.1 Å². The third-order valence-corrected chi connectivity index (χ3v) is 14.1. The van der Waals surface area contributed by atoms with Gasteiger partial charge in [0.1, 0.15) is 0 Å². The van der Waals surface area contributed by atoms with Crippen LogP contribution in [0.1, 0.15) is 303 Å². The first-order chi connectivity index (χ1) is 31.4. The van der Waals surface area contributed by atoms with Crippen LogP contribution in [0.25, 0.3) is 0 Å². The second kappa shape index (κ2) is 51.6. The lowest BCUT2D eigenvalue weighted by Gasteiger charge is -2.23. The highest BCUT2D eigenvalue weighted by molar-refractivity contribution is 7.47. The SMILES string of the molecule is CCCCCCCCCCCCCCCC/C=C/[C@@H](O)[C@H](COP(=O)(O)OCCN)NC(=O)CCCCCCCCCCCCCCCCCCCCCCCCCCCCCCC. The molecule has 0 aromatic carbocycles. The normalized spacial score (nSPS) is 13.8. The zero-order valence-corrected chi connectivity index (χ0v) is 43.7. The van der Waals surface area contributed by atoms with Gasteiger partial charge in [-0.3, -0.25) is 13.8 Å². The maximum atomic E-state index is 12.8.